The van der Waals surface area contributed by atoms with Crippen LogP contribution in [0, 0.1) is 5.82 Å². The van der Waals surface area contributed by atoms with Crippen molar-refractivity contribution >= 4 is 24.0 Å². The zero-order valence-corrected chi connectivity index (χ0v) is 7.96. The van der Waals surface area contributed by atoms with Crippen molar-refractivity contribution in [1.82, 2.24) is 0 Å². The van der Waals surface area contributed by atoms with Crippen LogP contribution in [0.3, 0.4) is 0 Å². The van der Waals surface area contributed by atoms with Crippen LogP contribution in [0.2, 0.25) is 0 Å². The molecule has 0 fully saturated rings. The number of benzene rings is 1. The maximum absolute atomic E-state index is 13.0. The lowest BCUT2D eigenvalue weighted by Crippen LogP contribution is -1.87. The van der Waals surface area contributed by atoms with Crippen LogP contribution in [0.15, 0.2) is 18.2 Å². The van der Waals surface area contributed by atoms with Crippen LogP contribution in [-0.4, -0.2) is 17.3 Å². The lowest BCUT2D eigenvalue weighted by atomic mass is 10.1. The lowest BCUT2D eigenvalue weighted by Gasteiger charge is -2.00. The number of aldehydes is 1. The van der Waals surface area contributed by atoms with Gasteiger partial charge in [0.05, 0.1) is 5.56 Å². The third-order valence-corrected chi connectivity index (χ3v) is 1.82. The number of phenols is 1. The molecule has 0 aromatic heterocycles. The van der Waals surface area contributed by atoms with E-state index in [1.807, 2.05) is 0 Å². The molecule has 0 bridgehead atoms. The van der Waals surface area contributed by atoms with Crippen molar-refractivity contribution in [3.8, 4) is 5.75 Å². The van der Waals surface area contributed by atoms with E-state index in [0.29, 0.717) is 17.7 Å². The molecular weight excluding hydrogens is 207 g/mol. The van der Waals surface area contributed by atoms with Gasteiger partial charge in [-0.25, -0.2) is 4.39 Å². The highest BCUT2D eigenvalue weighted by molar-refractivity contribution is 6.19. The van der Waals surface area contributed by atoms with Gasteiger partial charge in [0, 0.05) is 5.88 Å². The highest BCUT2D eigenvalue weighted by Gasteiger charge is 2.07. The summed E-state index contributed by atoms with van der Waals surface area (Å²) >= 11 is 5.40. The molecule has 2 nitrogen and oxygen atoms in total. The molecule has 14 heavy (non-hydrogen) atoms. The summed E-state index contributed by atoms with van der Waals surface area (Å²) in [4.78, 5) is 10.4. The number of phenolic OH excluding ortho intramolecular Hbond substituents is 1. The fraction of sp³-hybridized carbons (Fsp3) is 0.100. The minimum absolute atomic E-state index is 0.0702. The van der Waals surface area contributed by atoms with Gasteiger partial charge in [0.15, 0.2) is 17.9 Å². The van der Waals surface area contributed by atoms with Crippen molar-refractivity contribution in [2.75, 3.05) is 5.88 Å². The van der Waals surface area contributed by atoms with E-state index in [-0.39, 0.29) is 5.56 Å². The van der Waals surface area contributed by atoms with Gasteiger partial charge in [0.1, 0.15) is 0 Å². The van der Waals surface area contributed by atoms with Crippen LogP contribution >= 0.6 is 11.6 Å². The molecule has 0 aliphatic rings. The van der Waals surface area contributed by atoms with Crippen LogP contribution in [0.5, 0.6) is 5.75 Å². The van der Waals surface area contributed by atoms with Gasteiger partial charge in [-0.3, -0.25) is 4.79 Å². The minimum atomic E-state index is -0.816. The van der Waals surface area contributed by atoms with Gasteiger partial charge >= 0.3 is 0 Å². The van der Waals surface area contributed by atoms with Gasteiger partial charge in [-0.05, 0) is 17.7 Å². The highest BCUT2D eigenvalue weighted by atomic mass is 35.5. The van der Waals surface area contributed by atoms with Gasteiger partial charge in [-0.1, -0.05) is 12.2 Å². The molecule has 1 aromatic rings. The van der Waals surface area contributed by atoms with Crippen molar-refractivity contribution in [3.63, 3.8) is 0 Å². The van der Waals surface area contributed by atoms with Crippen LogP contribution < -0.4 is 0 Å². The highest BCUT2D eigenvalue weighted by Crippen LogP contribution is 2.22. The fourth-order valence-electron chi connectivity index (χ4n) is 1.01. The summed E-state index contributed by atoms with van der Waals surface area (Å²) in [7, 11) is 0. The van der Waals surface area contributed by atoms with Crippen molar-refractivity contribution in [2.45, 2.75) is 0 Å². The molecule has 0 heterocycles. The zero-order chi connectivity index (χ0) is 10.6. The lowest BCUT2D eigenvalue weighted by molar-refractivity contribution is 0.112. The summed E-state index contributed by atoms with van der Waals surface area (Å²) in [5, 5.41) is 9.09. The predicted molar refractivity (Wildman–Crippen MR) is 53.2 cm³/mol. The number of hydrogen-bond donors (Lipinski definition) is 1. The first-order valence-corrected chi connectivity index (χ1v) is 4.42. The first kappa shape index (κ1) is 10.7. The van der Waals surface area contributed by atoms with E-state index >= 15 is 0 Å². The van der Waals surface area contributed by atoms with E-state index in [0.717, 1.165) is 6.07 Å². The normalized spacial score (nSPS) is 10.7. The maximum Gasteiger partial charge on any atom is 0.166 e. The summed E-state index contributed by atoms with van der Waals surface area (Å²) in [6, 6.07) is 2.51. The average molecular weight is 215 g/mol. The molecule has 0 unspecified atom stereocenters. The standard InChI is InChI=1S/C10H8ClFO2/c11-3-1-2-7-4-8(6-13)10(14)9(12)5-7/h1-2,4-6,14H,3H2. The molecule has 1 N–H and O–H groups in total. The SMILES string of the molecule is O=Cc1cc(C=CCCl)cc(F)c1O. The summed E-state index contributed by atoms with van der Waals surface area (Å²) in [6.45, 7) is 0. The predicted octanol–water partition coefficient (Wildman–Crippen LogP) is 2.60. The molecule has 0 atom stereocenters. The molecule has 0 saturated carbocycles. The number of alkyl halides is 1. The Bertz CT molecular complexity index is 375. The number of aromatic hydroxyl groups is 1. The van der Waals surface area contributed by atoms with E-state index in [4.69, 9.17) is 16.7 Å². The summed E-state index contributed by atoms with van der Waals surface area (Å²) in [6.07, 6.45) is 3.58. The average Bonchev–Trinajstić information content (AvgIpc) is 2.19. The van der Waals surface area contributed by atoms with E-state index in [1.54, 1.807) is 12.2 Å². The Morgan fingerprint density at radius 3 is 2.79 bits per heavy atom. The topological polar surface area (TPSA) is 37.3 Å². The van der Waals surface area contributed by atoms with Gasteiger partial charge in [-0.2, -0.15) is 0 Å². The molecule has 1 aromatic carbocycles. The molecule has 0 aliphatic heterocycles. The smallest absolute Gasteiger partial charge is 0.166 e. The fourth-order valence-corrected chi connectivity index (χ4v) is 1.10. The zero-order valence-electron chi connectivity index (χ0n) is 7.21. The van der Waals surface area contributed by atoms with Crippen LogP contribution in [0.4, 0.5) is 4.39 Å². The van der Waals surface area contributed by atoms with E-state index in [9.17, 15) is 9.18 Å². The Labute approximate surface area is 85.6 Å². The number of carbonyl (C=O) groups is 1. The molecular formula is C10H8ClFO2. The van der Waals surface area contributed by atoms with Crippen LogP contribution in [0.25, 0.3) is 6.08 Å². The number of allylic oxidation sites excluding steroid dienone is 1. The molecule has 0 aliphatic carbocycles. The van der Waals surface area contributed by atoms with Crippen LogP contribution in [-0.2, 0) is 0 Å². The number of rotatable bonds is 3. The molecule has 0 amide bonds. The largest absolute Gasteiger partial charge is 0.504 e. The Kier molecular flexibility index (Phi) is 3.65. The van der Waals surface area contributed by atoms with Crippen molar-refractivity contribution in [3.05, 3.63) is 35.2 Å². The Balaban J connectivity index is 3.16. The number of carbonyl (C=O) groups excluding carboxylic acids is 1. The third-order valence-electron chi connectivity index (χ3n) is 1.64. The second kappa shape index (κ2) is 4.77. The second-order valence-electron chi connectivity index (χ2n) is 2.62. The molecule has 1 rings (SSSR count). The van der Waals surface area contributed by atoms with Crippen molar-refractivity contribution in [1.29, 1.82) is 0 Å². The molecule has 4 heteroatoms. The molecule has 0 saturated heterocycles. The van der Waals surface area contributed by atoms with Gasteiger partial charge in [0.25, 0.3) is 0 Å². The number of hydrogen-bond acceptors (Lipinski definition) is 2. The van der Waals surface area contributed by atoms with Crippen molar-refractivity contribution < 1.29 is 14.3 Å². The molecule has 74 valence electrons. The molecule has 0 radical (unpaired) electrons. The first-order chi connectivity index (χ1) is 6.69. The monoisotopic (exact) mass is 214 g/mol. The van der Waals surface area contributed by atoms with E-state index in [2.05, 4.69) is 0 Å². The van der Waals surface area contributed by atoms with E-state index < -0.39 is 11.6 Å². The van der Waals surface area contributed by atoms with Gasteiger partial charge < -0.3 is 5.11 Å². The van der Waals surface area contributed by atoms with E-state index in [1.165, 1.54) is 6.07 Å². The maximum atomic E-state index is 13.0. The molecule has 0 spiro atoms. The van der Waals surface area contributed by atoms with Crippen molar-refractivity contribution in [2.24, 2.45) is 0 Å². The van der Waals surface area contributed by atoms with Crippen LogP contribution in [0.1, 0.15) is 15.9 Å². The summed E-state index contributed by atoms with van der Waals surface area (Å²) in [5.41, 5.74) is 0.419. The Morgan fingerprint density at radius 1 is 1.50 bits per heavy atom. The second-order valence-corrected chi connectivity index (χ2v) is 2.92. The Morgan fingerprint density at radius 2 is 2.21 bits per heavy atom. The summed E-state index contributed by atoms with van der Waals surface area (Å²) < 4.78 is 13.0. The number of halogens is 2. The summed E-state index contributed by atoms with van der Waals surface area (Å²) in [5.74, 6) is -1.13. The quantitative estimate of drug-likeness (QED) is 0.620. The van der Waals surface area contributed by atoms with Gasteiger partial charge in [-0.15, -0.1) is 11.6 Å². The first-order valence-electron chi connectivity index (χ1n) is 3.89. The minimum Gasteiger partial charge on any atom is -0.504 e. The third kappa shape index (κ3) is 2.33. The Hall–Kier alpha value is -1.35. The van der Waals surface area contributed by atoms with Gasteiger partial charge in [0.2, 0.25) is 0 Å².